The summed E-state index contributed by atoms with van der Waals surface area (Å²) in [6.07, 6.45) is -2.53. The Bertz CT molecular complexity index is 848. The third-order valence-electron chi connectivity index (χ3n) is 4.14. The van der Waals surface area contributed by atoms with E-state index in [4.69, 9.17) is 0 Å². The zero-order valence-electron chi connectivity index (χ0n) is 13.9. The molecule has 1 N–H and O–H groups in total. The number of amides is 2. The van der Waals surface area contributed by atoms with E-state index < -0.39 is 17.6 Å². The summed E-state index contributed by atoms with van der Waals surface area (Å²) in [5, 5.41) is 2.60. The summed E-state index contributed by atoms with van der Waals surface area (Å²) in [4.78, 5) is 29.3. The monoisotopic (exact) mass is 363 g/mol. The van der Waals surface area contributed by atoms with Crippen LogP contribution in [-0.4, -0.2) is 23.3 Å². The lowest BCUT2D eigenvalue weighted by molar-refractivity contribution is -0.137. The van der Waals surface area contributed by atoms with Crippen LogP contribution in [0.5, 0.6) is 0 Å². The normalized spacial score (nSPS) is 14.6. The minimum Gasteiger partial charge on any atom is -0.321 e. The fourth-order valence-corrected chi connectivity index (χ4v) is 2.83. The predicted molar refractivity (Wildman–Crippen MR) is 90.0 cm³/mol. The molecule has 136 valence electrons. The van der Waals surface area contributed by atoms with E-state index in [1.807, 2.05) is 6.92 Å². The number of anilines is 2. The van der Waals surface area contributed by atoms with E-state index >= 15 is 0 Å². The summed E-state index contributed by atoms with van der Waals surface area (Å²) >= 11 is 0. The van der Waals surface area contributed by atoms with Crippen molar-refractivity contribution in [3.8, 4) is 0 Å². The smallest absolute Gasteiger partial charge is 0.321 e. The number of nitrogens with one attached hydrogen (secondary N) is 1. The maximum absolute atomic E-state index is 12.5. The number of nitrogens with zero attached hydrogens (tertiary/aromatic N) is 2. The first-order valence-electron chi connectivity index (χ1n) is 8.01. The standard InChI is InChI=1S/C18H16F3N3O2/c1-11-9-13(5-7-15(11)24-8-2-3-16(24)25)23-17(26)14-6-4-12(10-22-14)18(19,20)21/h4-7,9-10H,2-3,8H2,1H3,(H,23,26). The molecule has 2 aromatic rings. The van der Waals surface area contributed by atoms with E-state index in [0.29, 0.717) is 24.8 Å². The van der Waals surface area contributed by atoms with Crippen LogP contribution in [0.2, 0.25) is 0 Å². The van der Waals surface area contributed by atoms with Gasteiger partial charge in [0.15, 0.2) is 0 Å². The van der Waals surface area contributed by atoms with Crippen LogP contribution in [0, 0.1) is 6.92 Å². The van der Waals surface area contributed by atoms with E-state index in [9.17, 15) is 22.8 Å². The van der Waals surface area contributed by atoms with Gasteiger partial charge in [-0.3, -0.25) is 14.6 Å². The third kappa shape index (κ3) is 3.68. The van der Waals surface area contributed by atoms with E-state index in [0.717, 1.165) is 29.8 Å². The molecule has 1 aromatic carbocycles. The van der Waals surface area contributed by atoms with Gasteiger partial charge in [-0.15, -0.1) is 0 Å². The van der Waals surface area contributed by atoms with Gasteiger partial charge in [-0.2, -0.15) is 13.2 Å². The van der Waals surface area contributed by atoms with Gasteiger partial charge in [0, 0.05) is 30.5 Å². The molecule has 0 spiro atoms. The SMILES string of the molecule is Cc1cc(NC(=O)c2ccc(C(F)(F)F)cn2)ccc1N1CCCC1=O. The lowest BCUT2D eigenvalue weighted by atomic mass is 10.1. The molecule has 0 atom stereocenters. The number of benzene rings is 1. The molecule has 1 aliphatic rings. The largest absolute Gasteiger partial charge is 0.417 e. The van der Waals surface area contributed by atoms with Crippen molar-refractivity contribution in [2.45, 2.75) is 25.9 Å². The van der Waals surface area contributed by atoms with Crippen molar-refractivity contribution in [2.24, 2.45) is 0 Å². The molecule has 0 unspecified atom stereocenters. The van der Waals surface area contributed by atoms with Crippen molar-refractivity contribution in [3.63, 3.8) is 0 Å². The number of carbonyl (C=O) groups excluding carboxylic acids is 2. The number of halogens is 3. The highest BCUT2D eigenvalue weighted by Gasteiger charge is 2.31. The third-order valence-corrected chi connectivity index (χ3v) is 4.14. The van der Waals surface area contributed by atoms with Crippen molar-refractivity contribution in [1.82, 2.24) is 4.98 Å². The van der Waals surface area contributed by atoms with Crippen LogP contribution >= 0.6 is 0 Å². The first-order chi connectivity index (χ1) is 12.3. The number of aromatic nitrogens is 1. The molecule has 5 nitrogen and oxygen atoms in total. The number of aryl methyl sites for hydroxylation is 1. The molecule has 26 heavy (non-hydrogen) atoms. The first-order valence-corrected chi connectivity index (χ1v) is 8.01. The Morgan fingerprint density at radius 3 is 2.54 bits per heavy atom. The molecule has 1 aliphatic heterocycles. The molecule has 1 aromatic heterocycles. The number of pyridine rings is 1. The lowest BCUT2D eigenvalue weighted by Crippen LogP contribution is -2.24. The highest BCUT2D eigenvalue weighted by Crippen LogP contribution is 2.29. The van der Waals surface area contributed by atoms with Gasteiger partial charge in [-0.25, -0.2) is 0 Å². The van der Waals surface area contributed by atoms with Crippen molar-refractivity contribution in [2.75, 3.05) is 16.8 Å². The Balaban J connectivity index is 1.73. The van der Waals surface area contributed by atoms with Gasteiger partial charge >= 0.3 is 6.18 Å². The van der Waals surface area contributed by atoms with Crippen molar-refractivity contribution < 1.29 is 22.8 Å². The Labute approximate surface area is 147 Å². The zero-order chi connectivity index (χ0) is 18.9. The predicted octanol–water partition coefficient (Wildman–Crippen LogP) is 3.79. The Hall–Kier alpha value is -2.90. The summed E-state index contributed by atoms with van der Waals surface area (Å²) in [5.74, 6) is -0.540. The summed E-state index contributed by atoms with van der Waals surface area (Å²) in [6.45, 7) is 2.49. The van der Waals surface area contributed by atoms with Gasteiger partial charge < -0.3 is 10.2 Å². The zero-order valence-corrected chi connectivity index (χ0v) is 13.9. The van der Waals surface area contributed by atoms with Gasteiger partial charge in [-0.1, -0.05) is 0 Å². The molecule has 8 heteroatoms. The van der Waals surface area contributed by atoms with E-state index in [1.165, 1.54) is 0 Å². The molecule has 3 rings (SSSR count). The van der Waals surface area contributed by atoms with E-state index in [2.05, 4.69) is 10.3 Å². The van der Waals surface area contributed by atoms with Crippen molar-refractivity contribution in [1.29, 1.82) is 0 Å². The van der Waals surface area contributed by atoms with Crippen LogP contribution in [0.25, 0.3) is 0 Å². The van der Waals surface area contributed by atoms with E-state index in [1.54, 1.807) is 23.1 Å². The summed E-state index contributed by atoms with van der Waals surface area (Å²) in [6, 6.07) is 6.95. The van der Waals surface area contributed by atoms with Crippen molar-refractivity contribution >= 4 is 23.2 Å². The van der Waals surface area contributed by atoms with Crippen molar-refractivity contribution in [3.05, 3.63) is 53.3 Å². The minimum atomic E-state index is -4.50. The molecule has 0 aliphatic carbocycles. The number of alkyl halides is 3. The van der Waals surface area contributed by atoms with Gasteiger partial charge in [0.05, 0.1) is 5.56 Å². The van der Waals surface area contributed by atoms with Crippen LogP contribution in [0.1, 0.15) is 34.5 Å². The van der Waals surface area contributed by atoms with Gasteiger partial charge in [0.2, 0.25) is 5.91 Å². The molecule has 0 radical (unpaired) electrons. The van der Waals surface area contributed by atoms with Crippen LogP contribution in [-0.2, 0) is 11.0 Å². The summed E-state index contributed by atoms with van der Waals surface area (Å²) in [5.41, 5.74) is 1.06. The van der Waals surface area contributed by atoms with Crippen LogP contribution in [0.4, 0.5) is 24.5 Å². The lowest BCUT2D eigenvalue weighted by Gasteiger charge is -2.19. The van der Waals surface area contributed by atoms with Gasteiger partial charge in [-0.05, 0) is 49.2 Å². The second-order valence-electron chi connectivity index (χ2n) is 6.03. The number of hydrogen-bond acceptors (Lipinski definition) is 3. The molecule has 1 fully saturated rings. The Morgan fingerprint density at radius 1 is 1.23 bits per heavy atom. The maximum atomic E-state index is 12.5. The average molecular weight is 363 g/mol. The highest BCUT2D eigenvalue weighted by molar-refractivity contribution is 6.03. The molecule has 0 saturated carbocycles. The molecule has 2 heterocycles. The Morgan fingerprint density at radius 2 is 2.00 bits per heavy atom. The molecular weight excluding hydrogens is 347 g/mol. The summed E-state index contributed by atoms with van der Waals surface area (Å²) < 4.78 is 37.6. The second kappa shape index (κ2) is 6.78. The van der Waals surface area contributed by atoms with E-state index in [-0.39, 0.29) is 11.6 Å². The maximum Gasteiger partial charge on any atom is 0.417 e. The number of hydrogen-bond donors (Lipinski definition) is 1. The Kier molecular flexibility index (Phi) is 4.67. The number of carbonyl (C=O) groups is 2. The molecular formula is C18H16F3N3O2. The fraction of sp³-hybridized carbons (Fsp3) is 0.278. The molecule has 2 amide bonds. The topological polar surface area (TPSA) is 62.3 Å². The number of rotatable bonds is 3. The summed E-state index contributed by atoms with van der Waals surface area (Å²) in [7, 11) is 0. The quantitative estimate of drug-likeness (QED) is 0.903. The minimum absolute atomic E-state index is 0.0684. The van der Waals surface area contributed by atoms with Crippen LogP contribution < -0.4 is 10.2 Å². The fourth-order valence-electron chi connectivity index (χ4n) is 2.83. The highest BCUT2D eigenvalue weighted by atomic mass is 19.4. The molecule has 1 saturated heterocycles. The second-order valence-corrected chi connectivity index (χ2v) is 6.03. The van der Waals surface area contributed by atoms with Gasteiger partial charge in [0.1, 0.15) is 5.69 Å². The van der Waals surface area contributed by atoms with Gasteiger partial charge in [0.25, 0.3) is 5.91 Å². The molecule has 0 bridgehead atoms. The average Bonchev–Trinajstić information content (AvgIpc) is 3.00. The first kappa shape index (κ1) is 17.9. The van der Waals surface area contributed by atoms with Crippen LogP contribution in [0.15, 0.2) is 36.5 Å². The van der Waals surface area contributed by atoms with Crippen LogP contribution in [0.3, 0.4) is 0 Å².